The Kier molecular flexibility index (Phi) is 6.39. The van der Waals surface area contributed by atoms with Crippen LogP contribution in [0.1, 0.15) is 31.4 Å². The lowest BCUT2D eigenvalue weighted by Crippen LogP contribution is -2.32. The van der Waals surface area contributed by atoms with Gasteiger partial charge in [0.25, 0.3) is 0 Å². The highest BCUT2D eigenvalue weighted by atomic mass is 32.2. The molecule has 116 valence electrons. The highest BCUT2D eigenvalue weighted by Gasteiger charge is 2.16. The molecular formula is C16H24N2O2S. The third kappa shape index (κ3) is 5.25. The Hall–Kier alpha value is -1.20. The number of amides is 1. The second kappa shape index (κ2) is 8.29. The second-order valence-electron chi connectivity index (χ2n) is 5.32. The van der Waals surface area contributed by atoms with E-state index in [1.54, 1.807) is 18.9 Å². The van der Waals surface area contributed by atoms with Gasteiger partial charge in [-0.25, -0.2) is 0 Å². The van der Waals surface area contributed by atoms with Crippen LogP contribution in [-0.2, 0) is 4.79 Å². The molecule has 0 saturated carbocycles. The molecule has 1 amide bonds. The third-order valence-corrected chi connectivity index (χ3v) is 5.10. The van der Waals surface area contributed by atoms with E-state index in [0.717, 1.165) is 37.2 Å². The summed E-state index contributed by atoms with van der Waals surface area (Å²) in [6.07, 6.45) is 2.32. The molecule has 5 heteroatoms. The minimum Gasteiger partial charge on any atom is -0.497 e. The Bertz CT molecular complexity index is 444. The summed E-state index contributed by atoms with van der Waals surface area (Å²) in [5.74, 6) is 1.49. The molecule has 0 unspecified atom stereocenters. The van der Waals surface area contributed by atoms with E-state index in [2.05, 4.69) is 10.6 Å². The molecule has 2 N–H and O–H groups in total. The molecule has 1 aliphatic rings. The fourth-order valence-corrected chi connectivity index (χ4v) is 3.45. The minimum absolute atomic E-state index is 0.0250. The molecule has 1 aromatic rings. The Labute approximate surface area is 131 Å². The first-order chi connectivity index (χ1) is 10.2. The van der Waals surface area contributed by atoms with Gasteiger partial charge < -0.3 is 15.4 Å². The van der Waals surface area contributed by atoms with Crippen molar-refractivity contribution in [3.05, 3.63) is 29.8 Å². The molecule has 0 spiro atoms. The summed E-state index contributed by atoms with van der Waals surface area (Å²) in [4.78, 5) is 12.0. The maximum Gasteiger partial charge on any atom is 0.230 e. The number of methoxy groups -OCH3 is 1. The molecule has 1 saturated heterocycles. The summed E-state index contributed by atoms with van der Waals surface area (Å²) in [6, 6.07) is 7.84. The number of benzene rings is 1. The van der Waals surface area contributed by atoms with Crippen molar-refractivity contribution < 1.29 is 9.53 Å². The van der Waals surface area contributed by atoms with Gasteiger partial charge in [-0.1, -0.05) is 12.1 Å². The van der Waals surface area contributed by atoms with Crippen LogP contribution in [0.3, 0.4) is 0 Å². The third-order valence-electron chi connectivity index (χ3n) is 3.73. The van der Waals surface area contributed by atoms with E-state index in [1.807, 2.05) is 31.2 Å². The zero-order chi connectivity index (χ0) is 15.1. The first kappa shape index (κ1) is 16.2. The molecule has 21 heavy (non-hydrogen) atoms. The van der Waals surface area contributed by atoms with Crippen LogP contribution in [-0.4, -0.2) is 37.1 Å². The summed E-state index contributed by atoms with van der Waals surface area (Å²) in [6.45, 7) is 4.15. The quantitative estimate of drug-likeness (QED) is 0.847. The Morgan fingerprint density at radius 1 is 1.38 bits per heavy atom. The van der Waals surface area contributed by atoms with Crippen LogP contribution in [0.15, 0.2) is 24.3 Å². The fraction of sp³-hybridized carbons (Fsp3) is 0.562. The van der Waals surface area contributed by atoms with Gasteiger partial charge in [-0.15, -0.1) is 11.8 Å². The summed E-state index contributed by atoms with van der Waals surface area (Å²) in [5, 5.41) is 7.02. The van der Waals surface area contributed by atoms with Gasteiger partial charge in [0.1, 0.15) is 5.75 Å². The lowest BCUT2D eigenvalue weighted by atomic mass is 10.1. The molecule has 1 atom stereocenters. The molecule has 2 rings (SSSR count). The number of thioether (sulfide) groups is 1. The molecule has 1 fully saturated rings. The van der Waals surface area contributed by atoms with Crippen molar-refractivity contribution in [2.75, 3.05) is 26.0 Å². The molecule has 4 nitrogen and oxygen atoms in total. The van der Waals surface area contributed by atoms with Gasteiger partial charge in [-0.05, 0) is 50.6 Å². The van der Waals surface area contributed by atoms with Gasteiger partial charge in [-0.3, -0.25) is 4.79 Å². The predicted octanol–water partition coefficient (Wildman–Crippen LogP) is 2.36. The lowest BCUT2D eigenvalue weighted by Gasteiger charge is -2.22. The van der Waals surface area contributed by atoms with E-state index in [9.17, 15) is 4.79 Å². The molecular weight excluding hydrogens is 284 g/mol. The first-order valence-electron chi connectivity index (χ1n) is 7.44. The van der Waals surface area contributed by atoms with Gasteiger partial charge in [0.05, 0.1) is 18.9 Å². The van der Waals surface area contributed by atoms with Crippen LogP contribution in [0.2, 0.25) is 0 Å². The number of hydrogen-bond donors (Lipinski definition) is 2. The van der Waals surface area contributed by atoms with Crippen LogP contribution in [0, 0.1) is 0 Å². The SMILES string of the molecule is COc1ccc([C@@H](C)NC(=O)CSC2CCNCC2)cc1. The number of piperidine rings is 1. The summed E-state index contributed by atoms with van der Waals surface area (Å²) in [5.41, 5.74) is 1.09. The van der Waals surface area contributed by atoms with Gasteiger partial charge in [0.15, 0.2) is 0 Å². The van der Waals surface area contributed by atoms with E-state index >= 15 is 0 Å². The van der Waals surface area contributed by atoms with Crippen molar-refractivity contribution >= 4 is 17.7 Å². The zero-order valence-electron chi connectivity index (χ0n) is 12.7. The smallest absolute Gasteiger partial charge is 0.230 e. The largest absolute Gasteiger partial charge is 0.497 e. The normalized spacial score (nSPS) is 17.2. The standard InChI is InChI=1S/C16H24N2O2S/c1-12(13-3-5-14(20-2)6-4-13)18-16(19)11-21-15-7-9-17-10-8-15/h3-6,12,15,17H,7-11H2,1-2H3,(H,18,19)/t12-/m1/s1. The van der Waals surface area contributed by atoms with Crippen molar-refractivity contribution in [1.82, 2.24) is 10.6 Å². The van der Waals surface area contributed by atoms with Crippen molar-refractivity contribution in [3.63, 3.8) is 0 Å². The Morgan fingerprint density at radius 3 is 2.67 bits per heavy atom. The van der Waals surface area contributed by atoms with Crippen molar-refractivity contribution in [2.24, 2.45) is 0 Å². The predicted molar refractivity (Wildman–Crippen MR) is 87.9 cm³/mol. The van der Waals surface area contributed by atoms with Gasteiger partial charge in [-0.2, -0.15) is 0 Å². The molecule has 1 heterocycles. The van der Waals surface area contributed by atoms with Gasteiger partial charge >= 0.3 is 0 Å². The first-order valence-corrected chi connectivity index (χ1v) is 8.49. The van der Waals surface area contributed by atoms with E-state index in [4.69, 9.17) is 4.74 Å². The van der Waals surface area contributed by atoms with E-state index in [1.165, 1.54) is 0 Å². The van der Waals surface area contributed by atoms with E-state index < -0.39 is 0 Å². The Morgan fingerprint density at radius 2 is 2.05 bits per heavy atom. The van der Waals surface area contributed by atoms with E-state index in [0.29, 0.717) is 11.0 Å². The molecule has 0 radical (unpaired) electrons. The van der Waals surface area contributed by atoms with E-state index in [-0.39, 0.29) is 11.9 Å². The van der Waals surface area contributed by atoms with Crippen LogP contribution in [0.25, 0.3) is 0 Å². The van der Waals surface area contributed by atoms with Crippen molar-refractivity contribution in [3.8, 4) is 5.75 Å². The van der Waals surface area contributed by atoms with Crippen LogP contribution in [0.4, 0.5) is 0 Å². The number of nitrogens with one attached hydrogen (secondary N) is 2. The monoisotopic (exact) mass is 308 g/mol. The topological polar surface area (TPSA) is 50.4 Å². The molecule has 1 aromatic carbocycles. The summed E-state index contributed by atoms with van der Waals surface area (Å²) in [7, 11) is 1.65. The number of hydrogen-bond acceptors (Lipinski definition) is 4. The zero-order valence-corrected chi connectivity index (χ0v) is 13.5. The van der Waals surface area contributed by atoms with Crippen LogP contribution in [0.5, 0.6) is 5.75 Å². The number of carbonyl (C=O) groups is 1. The maximum absolute atomic E-state index is 12.0. The highest BCUT2D eigenvalue weighted by Crippen LogP contribution is 2.21. The average Bonchev–Trinajstić information content (AvgIpc) is 2.54. The number of rotatable bonds is 6. The Balaban J connectivity index is 1.75. The molecule has 0 aliphatic carbocycles. The minimum atomic E-state index is 0.0250. The van der Waals surface area contributed by atoms with Gasteiger partial charge in [0.2, 0.25) is 5.91 Å². The highest BCUT2D eigenvalue weighted by molar-refractivity contribution is 8.00. The summed E-state index contributed by atoms with van der Waals surface area (Å²) >= 11 is 1.78. The van der Waals surface area contributed by atoms with Gasteiger partial charge in [0, 0.05) is 5.25 Å². The number of ether oxygens (including phenoxy) is 1. The second-order valence-corrected chi connectivity index (χ2v) is 6.61. The summed E-state index contributed by atoms with van der Waals surface area (Å²) < 4.78 is 5.14. The fourth-order valence-electron chi connectivity index (χ4n) is 2.41. The van der Waals surface area contributed by atoms with Crippen LogP contribution >= 0.6 is 11.8 Å². The van der Waals surface area contributed by atoms with Crippen molar-refractivity contribution in [2.45, 2.75) is 31.1 Å². The number of carbonyl (C=O) groups excluding carboxylic acids is 1. The molecule has 1 aliphatic heterocycles. The molecule has 0 aromatic heterocycles. The van der Waals surface area contributed by atoms with Crippen molar-refractivity contribution in [1.29, 1.82) is 0 Å². The lowest BCUT2D eigenvalue weighted by molar-refractivity contribution is -0.119. The van der Waals surface area contributed by atoms with Crippen LogP contribution < -0.4 is 15.4 Å². The molecule has 0 bridgehead atoms. The maximum atomic E-state index is 12.0. The average molecular weight is 308 g/mol.